The number of methoxy groups -OCH3 is 1. The van der Waals surface area contributed by atoms with E-state index in [1.165, 1.54) is 6.20 Å². The van der Waals surface area contributed by atoms with Gasteiger partial charge in [0.2, 0.25) is 5.88 Å². The first-order chi connectivity index (χ1) is 6.79. The zero-order chi connectivity index (χ0) is 9.97. The molecule has 1 aliphatic carbocycles. The number of hydrogen-bond acceptors (Lipinski definition) is 4. The number of carbonyl (C=O) groups excluding carboxylic acids is 1. The van der Waals surface area contributed by atoms with Gasteiger partial charge in [-0.2, -0.15) is 0 Å². The molecule has 0 spiro atoms. The van der Waals surface area contributed by atoms with E-state index in [1.807, 2.05) is 0 Å². The Morgan fingerprint density at radius 2 is 2.29 bits per heavy atom. The fourth-order valence-electron chi connectivity index (χ4n) is 1.05. The van der Waals surface area contributed by atoms with Crippen LogP contribution in [-0.4, -0.2) is 18.1 Å². The van der Waals surface area contributed by atoms with Crippen molar-refractivity contribution in [3.8, 4) is 11.6 Å². The predicted octanol–water partition coefficient (Wildman–Crippen LogP) is 1.41. The number of carbonyl (C=O) groups is 1. The number of ether oxygens (including phenoxy) is 2. The largest absolute Gasteiger partial charge is 0.495 e. The van der Waals surface area contributed by atoms with Crippen LogP contribution in [0.2, 0.25) is 0 Å². The normalized spacial score (nSPS) is 14.9. The van der Waals surface area contributed by atoms with Gasteiger partial charge in [0.15, 0.2) is 0 Å². The van der Waals surface area contributed by atoms with Crippen LogP contribution in [-0.2, 0) is 4.79 Å². The fraction of sp³-hybridized carbons (Fsp3) is 0.400. The van der Waals surface area contributed by atoms with E-state index in [4.69, 9.17) is 9.47 Å². The molecule has 0 aliphatic heterocycles. The van der Waals surface area contributed by atoms with Crippen molar-refractivity contribution in [1.29, 1.82) is 0 Å². The zero-order valence-corrected chi connectivity index (χ0v) is 7.90. The van der Waals surface area contributed by atoms with Gasteiger partial charge in [-0.3, -0.25) is 4.79 Å². The highest BCUT2D eigenvalue weighted by atomic mass is 16.5. The van der Waals surface area contributed by atoms with Crippen LogP contribution in [0.5, 0.6) is 11.6 Å². The summed E-state index contributed by atoms with van der Waals surface area (Å²) in [6.07, 6.45) is 3.40. The van der Waals surface area contributed by atoms with Crippen molar-refractivity contribution in [2.75, 3.05) is 7.11 Å². The minimum absolute atomic E-state index is 0.0962. The second kappa shape index (κ2) is 3.65. The van der Waals surface area contributed by atoms with Gasteiger partial charge in [-0.05, 0) is 18.9 Å². The first kappa shape index (κ1) is 8.99. The number of aromatic nitrogens is 1. The Bertz CT molecular complexity index is 330. The molecule has 1 fully saturated rings. The van der Waals surface area contributed by atoms with E-state index in [2.05, 4.69) is 4.98 Å². The molecule has 0 unspecified atom stereocenters. The molecule has 1 aromatic rings. The molecule has 14 heavy (non-hydrogen) atoms. The van der Waals surface area contributed by atoms with Crippen LogP contribution < -0.4 is 9.47 Å². The molecule has 0 bridgehead atoms. The van der Waals surface area contributed by atoms with Crippen molar-refractivity contribution >= 4 is 5.97 Å². The van der Waals surface area contributed by atoms with E-state index in [0.717, 1.165) is 12.8 Å². The zero-order valence-electron chi connectivity index (χ0n) is 7.90. The third kappa shape index (κ3) is 2.02. The highest BCUT2D eigenvalue weighted by Crippen LogP contribution is 2.30. The van der Waals surface area contributed by atoms with Gasteiger partial charge in [-0.1, -0.05) is 0 Å². The molecule has 0 amide bonds. The molecule has 1 aromatic heterocycles. The summed E-state index contributed by atoms with van der Waals surface area (Å²) in [6.45, 7) is 0. The molecule has 1 heterocycles. The quantitative estimate of drug-likeness (QED) is 0.681. The van der Waals surface area contributed by atoms with Crippen LogP contribution in [0.1, 0.15) is 12.8 Å². The number of pyridine rings is 1. The summed E-state index contributed by atoms with van der Waals surface area (Å²) in [4.78, 5) is 15.2. The smallest absolute Gasteiger partial charge is 0.315 e. The molecule has 0 radical (unpaired) electrons. The number of esters is 1. The lowest BCUT2D eigenvalue weighted by Gasteiger charge is -2.02. The summed E-state index contributed by atoms with van der Waals surface area (Å²) in [5.41, 5.74) is 0. The summed E-state index contributed by atoms with van der Waals surface area (Å²) in [5, 5.41) is 0. The highest BCUT2D eigenvalue weighted by Gasteiger charge is 2.31. The van der Waals surface area contributed by atoms with Crippen LogP contribution in [0.4, 0.5) is 0 Å². The third-order valence-corrected chi connectivity index (χ3v) is 2.06. The van der Waals surface area contributed by atoms with E-state index in [0.29, 0.717) is 11.6 Å². The Kier molecular flexibility index (Phi) is 2.35. The van der Waals surface area contributed by atoms with E-state index >= 15 is 0 Å². The molecule has 1 aliphatic rings. The van der Waals surface area contributed by atoms with Gasteiger partial charge >= 0.3 is 5.97 Å². The van der Waals surface area contributed by atoms with Crippen LogP contribution in [0, 0.1) is 5.92 Å². The van der Waals surface area contributed by atoms with Gasteiger partial charge in [-0.25, -0.2) is 4.98 Å². The standard InChI is InChI=1S/C10H11NO3/c1-13-8-4-5-9(11-6-8)14-10(12)7-2-3-7/h4-7H,2-3H2,1H3. The molecule has 0 N–H and O–H groups in total. The maximum Gasteiger partial charge on any atom is 0.315 e. The predicted molar refractivity (Wildman–Crippen MR) is 49.1 cm³/mol. The maximum absolute atomic E-state index is 11.2. The van der Waals surface area contributed by atoms with Crippen LogP contribution in [0.3, 0.4) is 0 Å². The Labute approximate surface area is 81.9 Å². The summed E-state index contributed by atoms with van der Waals surface area (Å²) in [6, 6.07) is 3.33. The average molecular weight is 193 g/mol. The minimum Gasteiger partial charge on any atom is -0.495 e. The summed E-state index contributed by atoms with van der Waals surface area (Å²) in [5.74, 6) is 0.903. The fourth-order valence-corrected chi connectivity index (χ4v) is 1.05. The van der Waals surface area contributed by atoms with Gasteiger partial charge in [-0.15, -0.1) is 0 Å². The molecule has 4 heteroatoms. The second-order valence-electron chi connectivity index (χ2n) is 3.23. The topological polar surface area (TPSA) is 48.4 Å². The number of nitrogens with zero attached hydrogens (tertiary/aromatic N) is 1. The van der Waals surface area contributed by atoms with Gasteiger partial charge in [0.05, 0.1) is 19.2 Å². The van der Waals surface area contributed by atoms with Crippen LogP contribution in [0.15, 0.2) is 18.3 Å². The SMILES string of the molecule is COc1ccc(OC(=O)C2CC2)nc1. The molecule has 4 nitrogen and oxygen atoms in total. The Morgan fingerprint density at radius 3 is 2.79 bits per heavy atom. The van der Waals surface area contributed by atoms with Crippen LogP contribution in [0.25, 0.3) is 0 Å². The molecular weight excluding hydrogens is 182 g/mol. The van der Waals surface area contributed by atoms with Crippen molar-refractivity contribution in [3.63, 3.8) is 0 Å². The van der Waals surface area contributed by atoms with Crippen molar-refractivity contribution in [1.82, 2.24) is 4.98 Å². The summed E-state index contributed by atoms with van der Waals surface area (Å²) in [7, 11) is 1.56. The van der Waals surface area contributed by atoms with Crippen molar-refractivity contribution < 1.29 is 14.3 Å². The van der Waals surface area contributed by atoms with E-state index in [9.17, 15) is 4.79 Å². The van der Waals surface area contributed by atoms with Gasteiger partial charge in [0, 0.05) is 6.07 Å². The van der Waals surface area contributed by atoms with Crippen molar-refractivity contribution in [2.24, 2.45) is 5.92 Å². The highest BCUT2D eigenvalue weighted by molar-refractivity contribution is 5.77. The van der Waals surface area contributed by atoms with Crippen molar-refractivity contribution in [2.45, 2.75) is 12.8 Å². The Hall–Kier alpha value is -1.58. The molecular formula is C10H11NO3. The summed E-state index contributed by atoms with van der Waals surface area (Å²) >= 11 is 0. The number of hydrogen-bond donors (Lipinski definition) is 0. The van der Waals surface area contributed by atoms with E-state index in [-0.39, 0.29) is 11.9 Å². The van der Waals surface area contributed by atoms with E-state index < -0.39 is 0 Å². The molecule has 2 rings (SSSR count). The van der Waals surface area contributed by atoms with Crippen LogP contribution >= 0.6 is 0 Å². The van der Waals surface area contributed by atoms with Crippen molar-refractivity contribution in [3.05, 3.63) is 18.3 Å². The van der Waals surface area contributed by atoms with E-state index in [1.54, 1.807) is 19.2 Å². The van der Waals surface area contributed by atoms with Gasteiger partial charge in [0.25, 0.3) is 0 Å². The first-order valence-corrected chi connectivity index (χ1v) is 4.51. The summed E-state index contributed by atoms with van der Waals surface area (Å²) < 4.78 is 9.96. The number of rotatable bonds is 3. The third-order valence-electron chi connectivity index (χ3n) is 2.06. The second-order valence-corrected chi connectivity index (χ2v) is 3.23. The van der Waals surface area contributed by atoms with Gasteiger partial charge in [0.1, 0.15) is 5.75 Å². The average Bonchev–Trinajstić information content (AvgIpc) is 3.02. The minimum atomic E-state index is -0.178. The monoisotopic (exact) mass is 193 g/mol. The molecule has 1 saturated carbocycles. The molecule has 74 valence electrons. The molecule has 0 aromatic carbocycles. The first-order valence-electron chi connectivity index (χ1n) is 4.51. The maximum atomic E-state index is 11.2. The lowest BCUT2D eigenvalue weighted by Crippen LogP contribution is -2.10. The Morgan fingerprint density at radius 1 is 1.50 bits per heavy atom. The van der Waals surface area contributed by atoms with Gasteiger partial charge < -0.3 is 9.47 Å². The molecule has 0 atom stereocenters. The lowest BCUT2D eigenvalue weighted by atomic mass is 10.4. The lowest BCUT2D eigenvalue weighted by molar-refractivity contribution is -0.136. The Balaban J connectivity index is 1.98. The molecule has 0 saturated heterocycles.